The van der Waals surface area contributed by atoms with Crippen LogP contribution in [0.25, 0.3) is 5.95 Å². The Labute approximate surface area is 129 Å². The van der Waals surface area contributed by atoms with Crippen LogP contribution in [0.2, 0.25) is 0 Å². The van der Waals surface area contributed by atoms with E-state index in [0.717, 1.165) is 11.4 Å². The Kier molecular flexibility index (Phi) is 4.51. The number of nitrogens with one attached hydrogen (secondary N) is 1. The summed E-state index contributed by atoms with van der Waals surface area (Å²) in [4.78, 5) is 20.8. The largest absolute Gasteiger partial charge is 0.309 e. The third-order valence-corrected chi connectivity index (χ3v) is 3.35. The molecule has 0 unspecified atom stereocenters. The number of rotatable bonds is 4. The van der Waals surface area contributed by atoms with Crippen molar-refractivity contribution in [3.8, 4) is 12.0 Å². The van der Waals surface area contributed by atoms with E-state index in [4.69, 9.17) is 0 Å². The molecule has 2 aromatic rings. The topological polar surface area (TPSA) is 96.5 Å². The summed E-state index contributed by atoms with van der Waals surface area (Å²) in [5, 5.41) is 16.1. The van der Waals surface area contributed by atoms with Gasteiger partial charge in [0, 0.05) is 17.3 Å². The molecule has 0 bridgehead atoms. The molecule has 0 aromatic carbocycles. The molecule has 0 saturated heterocycles. The number of hydrogen-bond donors (Lipinski definition) is 1. The fourth-order valence-electron chi connectivity index (χ4n) is 1.93. The molecule has 0 aliphatic carbocycles. The Balaban J connectivity index is 2.47. The second-order valence-corrected chi connectivity index (χ2v) is 5.18. The molecule has 0 aliphatic heterocycles. The maximum atomic E-state index is 12.1. The fraction of sp³-hybridized carbons (Fsp3) is 0.400. The van der Waals surface area contributed by atoms with Crippen LogP contribution in [0.15, 0.2) is 12.3 Å². The molecular formula is C15H18N6O. The highest BCUT2D eigenvalue weighted by Gasteiger charge is 2.19. The quantitative estimate of drug-likeness (QED) is 0.932. The molecule has 2 heterocycles. The van der Waals surface area contributed by atoms with Gasteiger partial charge in [0.25, 0.3) is 5.95 Å². The van der Waals surface area contributed by atoms with Crippen LogP contribution in [-0.4, -0.2) is 25.7 Å². The molecule has 1 N–H and O–H groups in total. The number of carbonyl (C=O) groups is 1. The van der Waals surface area contributed by atoms with Crippen LogP contribution in [0, 0.1) is 31.1 Å². The number of aryl methyl sites for hydroxylation is 2. The van der Waals surface area contributed by atoms with Crippen LogP contribution in [0.3, 0.4) is 0 Å². The zero-order chi connectivity index (χ0) is 16.3. The number of nitriles is 1. The molecule has 1 atom stereocenters. The number of carbonyl (C=O) groups excluding carboxylic acids is 1. The average Bonchev–Trinajstić information content (AvgIpc) is 2.88. The van der Waals surface area contributed by atoms with E-state index in [1.54, 1.807) is 0 Å². The monoisotopic (exact) mass is 298 g/mol. The Morgan fingerprint density at radius 2 is 2.05 bits per heavy atom. The zero-order valence-electron chi connectivity index (χ0n) is 13.1. The van der Waals surface area contributed by atoms with E-state index in [-0.39, 0.29) is 17.4 Å². The minimum Gasteiger partial charge on any atom is -0.309 e. The Morgan fingerprint density at radius 1 is 1.41 bits per heavy atom. The smallest absolute Gasteiger partial charge is 0.252 e. The molecule has 7 nitrogen and oxygen atoms in total. The van der Waals surface area contributed by atoms with Gasteiger partial charge in [-0.05, 0) is 26.3 Å². The van der Waals surface area contributed by atoms with Crippen molar-refractivity contribution < 1.29 is 4.79 Å². The molecule has 22 heavy (non-hydrogen) atoms. The number of aromatic nitrogens is 4. The summed E-state index contributed by atoms with van der Waals surface area (Å²) in [7, 11) is 0. The maximum Gasteiger partial charge on any atom is 0.252 e. The van der Waals surface area contributed by atoms with Gasteiger partial charge in [0.15, 0.2) is 5.82 Å². The van der Waals surface area contributed by atoms with Crippen LogP contribution >= 0.6 is 0 Å². The van der Waals surface area contributed by atoms with E-state index in [2.05, 4.69) is 20.4 Å². The zero-order valence-corrected chi connectivity index (χ0v) is 13.1. The van der Waals surface area contributed by atoms with Gasteiger partial charge in [0.2, 0.25) is 5.91 Å². The Hall–Kier alpha value is -2.75. The number of amides is 1. The van der Waals surface area contributed by atoms with Crippen molar-refractivity contribution in [2.24, 2.45) is 5.92 Å². The first-order valence-electron chi connectivity index (χ1n) is 7.07. The van der Waals surface area contributed by atoms with E-state index in [9.17, 15) is 10.1 Å². The highest BCUT2D eigenvalue weighted by Crippen LogP contribution is 2.19. The lowest BCUT2D eigenvalue weighted by Crippen LogP contribution is -2.22. The van der Waals surface area contributed by atoms with Crippen molar-refractivity contribution in [2.75, 3.05) is 5.32 Å². The molecule has 114 valence electrons. The summed E-state index contributed by atoms with van der Waals surface area (Å²) in [6.07, 6.45) is 2.11. The summed E-state index contributed by atoms with van der Waals surface area (Å²) >= 11 is 0. The van der Waals surface area contributed by atoms with E-state index >= 15 is 0 Å². The summed E-state index contributed by atoms with van der Waals surface area (Å²) in [5.74, 6) is 0.316. The number of hydrogen-bond acceptors (Lipinski definition) is 5. The normalized spacial score (nSPS) is 11.8. The minimum absolute atomic E-state index is 0.157. The Bertz CT molecular complexity index is 723. The summed E-state index contributed by atoms with van der Waals surface area (Å²) < 4.78 is 1.39. The third kappa shape index (κ3) is 3.11. The number of anilines is 1. The predicted octanol–water partition coefficient (Wildman–Crippen LogP) is 2.14. The molecule has 0 fully saturated rings. The van der Waals surface area contributed by atoms with Gasteiger partial charge in [-0.3, -0.25) is 4.79 Å². The second kappa shape index (κ2) is 6.35. The van der Waals surface area contributed by atoms with Crippen LogP contribution < -0.4 is 5.32 Å². The van der Waals surface area contributed by atoms with Gasteiger partial charge in [-0.1, -0.05) is 13.8 Å². The predicted molar refractivity (Wildman–Crippen MR) is 81.4 cm³/mol. The molecule has 0 radical (unpaired) electrons. The SMILES string of the molecule is CC[C@H](C)C(=O)Nc1c(C#N)cnn1-c1nc(C)cc(C)n1. The molecule has 0 saturated carbocycles. The lowest BCUT2D eigenvalue weighted by Gasteiger charge is -2.12. The molecular weight excluding hydrogens is 280 g/mol. The molecule has 7 heteroatoms. The Morgan fingerprint density at radius 3 is 2.59 bits per heavy atom. The van der Waals surface area contributed by atoms with Gasteiger partial charge in [-0.2, -0.15) is 15.0 Å². The minimum atomic E-state index is -0.162. The van der Waals surface area contributed by atoms with Crippen molar-refractivity contribution >= 4 is 11.7 Å². The fourth-order valence-corrected chi connectivity index (χ4v) is 1.93. The van der Waals surface area contributed by atoms with Crippen LogP contribution in [0.4, 0.5) is 5.82 Å². The van der Waals surface area contributed by atoms with E-state index in [0.29, 0.717) is 18.2 Å². The summed E-state index contributed by atoms with van der Waals surface area (Å²) in [5.41, 5.74) is 1.85. The summed E-state index contributed by atoms with van der Waals surface area (Å²) in [6.45, 7) is 7.46. The van der Waals surface area contributed by atoms with Crippen LogP contribution in [0.1, 0.15) is 37.2 Å². The van der Waals surface area contributed by atoms with Gasteiger partial charge in [-0.15, -0.1) is 0 Å². The van der Waals surface area contributed by atoms with E-state index < -0.39 is 0 Å². The van der Waals surface area contributed by atoms with E-state index in [1.807, 2.05) is 39.8 Å². The highest BCUT2D eigenvalue weighted by molar-refractivity contribution is 5.92. The molecule has 1 amide bonds. The third-order valence-electron chi connectivity index (χ3n) is 3.35. The van der Waals surface area contributed by atoms with Gasteiger partial charge in [0.05, 0.1) is 6.20 Å². The van der Waals surface area contributed by atoms with Gasteiger partial charge >= 0.3 is 0 Å². The molecule has 0 spiro atoms. The van der Waals surface area contributed by atoms with Gasteiger partial charge in [-0.25, -0.2) is 9.97 Å². The second-order valence-electron chi connectivity index (χ2n) is 5.18. The first kappa shape index (κ1) is 15.6. The molecule has 2 aromatic heterocycles. The highest BCUT2D eigenvalue weighted by atomic mass is 16.2. The van der Waals surface area contributed by atoms with Crippen molar-refractivity contribution in [2.45, 2.75) is 34.1 Å². The maximum absolute atomic E-state index is 12.1. The standard InChI is InChI=1S/C15H18N6O/c1-5-9(2)14(22)20-13-12(7-16)8-17-21(13)15-18-10(3)6-11(4)19-15/h6,8-9H,5H2,1-4H3,(H,20,22)/t9-/m0/s1. The van der Waals surface area contributed by atoms with E-state index in [1.165, 1.54) is 10.9 Å². The van der Waals surface area contributed by atoms with Crippen molar-refractivity contribution in [1.29, 1.82) is 5.26 Å². The van der Waals surface area contributed by atoms with Crippen molar-refractivity contribution in [1.82, 2.24) is 19.7 Å². The van der Waals surface area contributed by atoms with Crippen LogP contribution in [-0.2, 0) is 4.79 Å². The van der Waals surface area contributed by atoms with Crippen molar-refractivity contribution in [3.63, 3.8) is 0 Å². The first-order valence-corrected chi connectivity index (χ1v) is 7.07. The average molecular weight is 298 g/mol. The van der Waals surface area contributed by atoms with Gasteiger partial charge in [0.1, 0.15) is 11.6 Å². The molecule has 0 aliphatic rings. The first-order chi connectivity index (χ1) is 10.5. The van der Waals surface area contributed by atoms with Crippen LogP contribution in [0.5, 0.6) is 0 Å². The summed E-state index contributed by atoms with van der Waals surface area (Å²) in [6, 6.07) is 3.87. The lowest BCUT2D eigenvalue weighted by molar-refractivity contribution is -0.119. The van der Waals surface area contributed by atoms with Crippen molar-refractivity contribution in [3.05, 3.63) is 29.2 Å². The number of nitrogens with zero attached hydrogens (tertiary/aromatic N) is 5. The lowest BCUT2D eigenvalue weighted by atomic mass is 10.1. The van der Waals surface area contributed by atoms with Gasteiger partial charge < -0.3 is 5.32 Å². The molecule has 2 rings (SSSR count).